The van der Waals surface area contributed by atoms with Gasteiger partial charge in [0.25, 0.3) is 5.56 Å². The number of aromatic amines is 1. The van der Waals surface area contributed by atoms with Gasteiger partial charge in [-0.1, -0.05) is 0 Å². The molecule has 1 saturated heterocycles. The molecule has 2 rings (SSSR count). The molecule has 0 spiro atoms. The number of carbonyl (C=O) groups is 1. The monoisotopic (exact) mass is 335 g/mol. The first kappa shape index (κ1) is 17.3. The van der Waals surface area contributed by atoms with Crippen LogP contribution in [-0.4, -0.2) is 45.9 Å². The molecule has 1 aliphatic rings. The minimum Gasteiger partial charge on any atom is -0.342 e. The Morgan fingerprint density at radius 2 is 1.96 bits per heavy atom. The number of amides is 1. The van der Waals surface area contributed by atoms with Gasteiger partial charge in [-0.3, -0.25) is 18.9 Å². The Balaban J connectivity index is 1.95. The van der Waals surface area contributed by atoms with Crippen molar-refractivity contribution in [1.82, 2.24) is 14.5 Å². The highest BCUT2D eigenvalue weighted by Gasteiger charge is 2.35. The molecule has 1 N–H and O–H groups in total. The summed E-state index contributed by atoms with van der Waals surface area (Å²) in [6.07, 6.45) is -4.51. The van der Waals surface area contributed by atoms with E-state index < -0.39 is 23.7 Å². The first-order valence-corrected chi connectivity index (χ1v) is 6.97. The van der Waals surface area contributed by atoms with E-state index in [0.717, 1.165) is 4.57 Å². The lowest BCUT2D eigenvalue weighted by Crippen LogP contribution is -2.44. The summed E-state index contributed by atoms with van der Waals surface area (Å²) in [5.41, 5.74) is -1.03. The van der Waals surface area contributed by atoms with Crippen molar-refractivity contribution in [2.75, 3.05) is 13.1 Å². The second-order valence-corrected chi connectivity index (χ2v) is 5.30. The zero-order valence-corrected chi connectivity index (χ0v) is 12.4. The van der Waals surface area contributed by atoms with Crippen LogP contribution in [0.4, 0.5) is 13.2 Å². The Morgan fingerprint density at radius 3 is 2.52 bits per heavy atom. The molecule has 1 aromatic rings. The summed E-state index contributed by atoms with van der Waals surface area (Å²) in [5.74, 6) is -0.375. The van der Waals surface area contributed by atoms with Crippen LogP contribution in [0.25, 0.3) is 0 Å². The third-order valence-electron chi connectivity index (χ3n) is 3.69. The van der Waals surface area contributed by atoms with Crippen LogP contribution in [0.3, 0.4) is 0 Å². The number of likely N-dealkylation sites (tertiary alicyclic amines) is 1. The summed E-state index contributed by atoms with van der Waals surface area (Å²) >= 11 is 0. The number of alkyl halides is 3. The Hall–Kier alpha value is -2.10. The average molecular weight is 335 g/mol. The molecular weight excluding hydrogens is 319 g/mol. The van der Waals surface area contributed by atoms with E-state index in [-0.39, 0.29) is 43.8 Å². The molecule has 0 saturated carbocycles. The van der Waals surface area contributed by atoms with Crippen LogP contribution >= 0.6 is 0 Å². The summed E-state index contributed by atoms with van der Waals surface area (Å²) in [5, 5.41) is 0. The Bertz CT molecular complexity index is 687. The van der Waals surface area contributed by atoms with E-state index in [4.69, 9.17) is 0 Å². The van der Waals surface area contributed by atoms with E-state index in [1.807, 2.05) is 0 Å². The predicted octanol–water partition coefficient (Wildman–Crippen LogP) is 0.143. The van der Waals surface area contributed by atoms with E-state index in [2.05, 4.69) is 9.72 Å². The van der Waals surface area contributed by atoms with E-state index in [0.29, 0.717) is 0 Å². The van der Waals surface area contributed by atoms with Crippen LogP contribution in [0.5, 0.6) is 0 Å². The molecule has 1 fully saturated rings. The molecule has 128 valence electrons. The van der Waals surface area contributed by atoms with Crippen molar-refractivity contribution in [2.45, 2.75) is 31.7 Å². The number of halogens is 3. The van der Waals surface area contributed by atoms with E-state index in [1.165, 1.54) is 18.1 Å². The lowest BCUT2D eigenvalue weighted by molar-refractivity contribution is -0.345. The fourth-order valence-corrected chi connectivity index (χ4v) is 2.43. The number of carbonyl (C=O) groups excluding carboxylic acids is 1. The summed E-state index contributed by atoms with van der Waals surface area (Å²) in [7, 11) is 1.29. The average Bonchev–Trinajstić information content (AvgIpc) is 2.47. The number of aromatic nitrogens is 2. The first-order chi connectivity index (χ1) is 10.7. The van der Waals surface area contributed by atoms with Gasteiger partial charge in [-0.2, -0.15) is 0 Å². The third-order valence-corrected chi connectivity index (χ3v) is 3.69. The molecule has 23 heavy (non-hydrogen) atoms. The smallest absolute Gasteiger partial charge is 0.342 e. The number of hydrogen-bond donors (Lipinski definition) is 1. The normalized spacial score (nSPS) is 16.6. The maximum absolute atomic E-state index is 12.1. The molecule has 1 aromatic heterocycles. The summed E-state index contributed by atoms with van der Waals surface area (Å²) < 4.78 is 41.2. The van der Waals surface area contributed by atoms with Crippen LogP contribution in [0.2, 0.25) is 0 Å². The number of H-pyrrole nitrogens is 1. The van der Waals surface area contributed by atoms with Gasteiger partial charge in [-0.25, -0.2) is 4.79 Å². The van der Waals surface area contributed by atoms with Crippen LogP contribution in [0.15, 0.2) is 15.8 Å². The van der Waals surface area contributed by atoms with Crippen molar-refractivity contribution in [3.8, 4) is 0 Å². The van der Waals surface area contributed by atoms with Gasteiger partial charge in [-0.15, -0.1) is 13.2 Å². The highest BCUT2D eigenvalue weighted by atomic mass is 19.4. The second-order valence-electron chi connectivity index (χ2n) is 5.30. The minimum absolute atomic E-state index is 0.0783. The lowest BCUT2D eigenvalue weighted by Gasteiger charge is -2.32. The first-order valence-electron chi connectivity index (χ1n) is 6.97. The summed E-state index contributed by atoms with van der Waals surface area (Å²) in [6.45, 7) is 0.256. The molecule has 0 atom stereocenters. The SMILES string of the molecule is Cn1c(=O)[nH]cc(CC(=O)N2CCC(OC(F)(F)F)CC2)c1=O. The predicted molar refractivity (Wildman–Crippen MR) is 72.7 cm³/mol. The van der Waals surface area contributed by atoms with Gasteiger partial charge in [0.15, 0.2) is 0 Å². The Kier molecular flexibility index (Phi) is 4.93. The maximum Gasteiger partial charge on any atom is 0.522 e. The van der Waals surface area contributed by atoms with Crippen molar-refractivity contribution in [2.24, 2.45) is 7.05 Å². The van der Waals surface area contributed by atoms with Crippen molar-refractivity contribution in [3.05, 3.63) is 32.6 Å². The molecule has 7 nitrogen and oxygen atoms in total. The van der Waals surface area contributed by atoms with Gasteiger partial charge < -0.3 is 9.88 Å². The zero-order valence-electron chi connectivity index (χ0n) is 12.4. The number of piperidine rings is 1. The molecule has 1 aliphatic heterocycles. The molecule has 0 aliphatic carbocycles. The third kappa shape index (κ3) is 4.44. The van der Waals surface area contributed by atoms with E-state index in [1.54, 1.807) is 0 Å². The van der Waals surface area contributed by atoms with Gasteiger partial charge in [-0.05, 0) is 12.8 Å². The number of hydrogen-bond acceptors (Lipinski definition) is 4. The van der Waals surface area contributed by atoms with Gasteiger partial charge in [0.2, 0.25) is 5.91 Å². The Labute approximate surface area is 128 Å². The van der Waals surface area contributed by atoms with Crippen molar-refractivity contribution < 1.29 is 22.7 Å². The van der Waals surface area contributed by atoms with Crippen molar-refractivity contribution in [1.29, 1.82) is 0 Å². The van der Waals surface area contributed by atoms with Crippen LogP contribution in [-0.2, 0) is 23.0 Å². The van der Waals surface area contributed by atoms with Crippen molar-refractivity contribution in [3.63, 3.8) is 0 Å². The molecule has 0 radical (unpaired) electrons. The van der Waals surface area contributed by atoms with E-state index in [9.17, 15) is 27.6 Å². The fourth-order valence-electron chi connectivity index (χ4n) is 2.43. The maximum atomic E-state index is 12.1. The van der Waals surface area contributed by atoms with Crippen LogP contribution in [0, 0.1) is 0 Å². The number of ether oxygens (including phenoxy) is 1. The van der Waals surface area contributed by atoms with Gasteiger partial charge in [0, 0.05) is 31.9 Å². The molecule has 0 bridgehead atoms. The summed E-state index contributed by atoms with van der Waals surface area (Å²) in [6, 6.07) is 0. The van der Waals surface area contributed by atoms with Crippen molar-refractivity contribution >= 4 is 5.91 Å². The largest absolute Gasteiger partial charge is 0.522 e. The lowest BCUT2D eigenvalue weighted by atomic mass is 10.1. The number of rotatable bonds is 3. The number of nitrogens with zero attached hydrogens (tertiary/aromatic N) is 2. The van der Waals surface area contributed by atoms with Crippen LogP contribution < -0.4 is 11.2 Å². The second kappa shape index (κ2) is 6.57. The molecule has 0 unspecified atom stereocenters. The molecule has 2 heterocycles. The molecular formula is C13H16F3N3O4. The molecule has 10 heteroatoms. The highest BCUT2D eigenvalue weighted by Crippen LogP contribution is 2.24. The molecule has 0 aromatic carbocycles. The molecule has 1 amide bonds. The van der Waals surface area contributed by atoms with Gasteiger partial charge in [0.1, 0.15) is 0 Å². The van der Waals surface area contributed by atoms with Gasteiger partial charge in [0.05, 0.1) is 12.5 Å². The van der Waals surface area contributed by atoms with Gasteiger partial charge >= 0.3 is 12.1 Å². The minimum atomic E-state index is -4.68. The highest BCUT2D eigenvalue weighted by molar-refractivity contribution is 5.78. The standard InChI is InChI=1S/C13H16F3N3O4/c1-18-11(21)8(7-17-12(18)22)6-10(20)19-4-2-9(3-5-19)23-13(14,15)16/h7,9H,2-6H2,1H3,(H,17,22). The van der Waals surface area contributed by atoms with Crippen LogP contribution in [0.1, 0.15) is 18.4 Å². The Morgan fingerprint density at radius 1 is 1.35 bits per heavy atom. The van der Waals surface area contributed by atoms with E-state index >= 15 is 0 Å². The fraction of sp³-hybridized carbons (Fsp3) is 0.615. The topological polar surface area (TPSA) is 84.4 Å². The number of nitrogens with one attached hydrogen (secondary N) is 1. The summed E-state index contributed by atoms with van der Waals surface area (Å²) in [4.78, 5) is 38.9. The zero-order chi connectivity index (χ0) is 17.2. The quantitative estimate of drug-likeness (QED) is 0.852.